The van der Waals surface area contributed by atoms with Crippen molar-refractivity contribution in [2.45, 2.75) is 17.8 Å². The van der Waals surface area contributed by atoms with Gasteiger partial charge < -0.3 is 15.0 Å². The van der Waals surface area contributed by atoms with Crippen molar-refractivity contribution in [1.82, 2.24) is 24.7 Å². The van der Waals surface area contributed by atoms with E-state index < -0.39 is 28.9 Å². The summed E-state index contributed by atoms with van der Waals surface area (Å²) >= 11 is 0.955. The van der Waals surface area contributed by atoms with Crippen molar-refractivity contribution in [3.63, 3.8) is 0 Å². The molecule has 2 heterocycles. The number of aromatic amines is 2. The monoisotopic (exact) mass is 532 g/mol. The zero-order valence-electron chi connectivity index (χ0n) is 19.1. The largest absolute Gasteiger partial charge is 0.497 e. The van der Waals surface area contributed by atoms with Crippen LogP contribution in [-0.2, 0) is 17.4 Å². The first-order valence-corrected chi connectivity index (χ1v) is 11.6. The van der Waals surface area contributed by atoms with Crippen molar-refractivity contribution >= 4 is 23.4 Å². The number of thioether (sulfide) groups is 1. The van der Waals surface area contributed by atoms with E-state index in [4.69, 9.17) is 4.74 Å². The van der Waals surface area contributed by atoms with E-state index >= 15 is 0 Å². The van der Waals surface area contributed by atoms with Crippen molar-refractivity contribution in [3.8, 4) is 11.4 Å². The molecule has 1 amide bonds. The highest BCUT2D eigenvalue weighted by Gasteiger charge is 2.33. The Morgan fingerprint density at radius 2 is 1.81 bits per heavy atom. The van der Waals surface area contributed by atoms with Crippen molar-refractivity contribution in [1.29, 1.82) is 0 Å². The fourth-order valence-electron chi connectivity index (χ4n) is 3.44. The molecule has 0 saturated carbocycles. The fourth-order valence-corrected chi connectivity index (χ4v) is 4.21. The highest BCUT2D eigenvalue weighted by atomic mass is 32.2. The van der Waals surface area contributed by atoms with Gasteiger partial charge in [0, 0.05) is 23.9 Å². The topological polar surface area (TPSA) is 135 Å². The molecular weight excluding hydrogens is 513 g/mol. The first kappa shape index (κ1) is 25.8. The van der Waals surface area contributed by atoms with Crippen LogP contribution in [0.25, 0.3) is 5.69 Å². The number of alkyl halides is 3. The number of carbonyl (C=O) groups is 1. The normalized spacial score (nSPS) is 11.4. The third-order valence-corrected chi connectivity index (χ3v) is 5.96. The molecule has 10 nitrogen and oxygen atoms in total. The molecule has 0 aliphatic heterocycles. The summed E-state index contributed by atoms with van der Waals surface area (Å²) in [6.07, 6.45) is -4.59. The van der Waals surface area contributed by atoms with Crippen LogP contribution in [0, 0.1) is 0 Å². The van der Waals surface area contributed by atoms with E-state index in [9.17, 15) is 27.6 Å². The molecule has 0 spiro atoms. The molecule has 3 N–H and O–H groups in total. The molecule has 0 radical (unpaired) electrons. The van der Waals surface area contributed by atoms with Crippen molar-refractivity contribution in [3.05, 3.63) is 92.5 Å². The SMILES string of the molecule is COc1ccc(-n2c(Cc3cc(=O)[nH]c(=O)[nH]3)nnc2SCC(=O)Nc2ccccc2C(F)(F)F)cc1. The highest BCUT2D eigenvalue weighted by Crippen LogP contribution is 2.34. The number of methoxy groups -OCH3 is 1. The lowest BCUT2D eigenvalue weighted by Gasteiger charge is -2.14. The molecule has 14 heteroatoms. The van der Waals surface area contributed by atoms with Crippen LogP contribution < -0.4 is 21.3 Å². The molecule has 0 atom stereocenters. The number of hydrogen-bond donors (Lipinski definition) is 3. The average Bonchev–Trinajstić information content (AvgIpc) is 3.24. The van der Waals surface area contributed by atoms with Gasteiger partial charge in [-0.3, -0.25) is 19.1 Å². The van der Waals surface area contributed by atoms with E-state index in [-0.39, 0.29) is 28.7 Å². The lowest BCUT2D eigenvalue weighted by Crippen LogP contribution is -2.23. The summed E-state index contributed by atoms with van der Waals surface area (Å²) in [5.74, 6) is -0.000104. The van der Waals surface area contributed by atoms with E-state index in [1.807, 2.05) is 0 Å². The second-order valence-corrected chi connectivity index (χ2v) is 8.54. The number of para-hydroxylation sites is 1. The molecular formula is C23H19F3N6O4S. The number of anilines is 1. The molecule has 0 fully saturated rings. The summed E-state index contributed by atoms with van der Waals surface area (Å²) in [5.41, 5.74) is -1.68. The molecule has 2 aromatic heterocycles. The Labute approximate surface area is 210 Å². The molecule has 0 unspecified atom stereocenters. The van der Waals surface area contributed by atoms with Gasteiger partial charge >= 0.3 is 11.9 Å². The molecule has 0 aliphatic rings. The number of benzene rings is 2. The number of aromatic nitrogens is 5. The van der Waals surface area contributed by atoms with Gasteiger partial charge in [-0.2, -0.15) is 13.2 Å². The Hall–Kier alpha value is -4.33. The lowest BCUT2D eigenvalue weighted by molar-refractivity contribution is -0.137. The number of ether oxygens (including phenoxy) is 1. The lowest BCUT2D eigenvalue weighted by atomic mass is 10.1. The highest BCUT2D eigenvalue weighted by molar-refractivity contribution is 7.99. The Bertz CT molecular complexity index is 1500. The Balaban J connectivity index is 1.60. The smallest absolute Gasteiger partial charge is 0.418 e. The molecule has 0 aliphatic carbocycles. The molecule has 2 aromatic carbocycles. The van der Waals surface area contributed by atoms with Gasteiger partial charge in [0.25, 0.3) is 5.56 Å². The van der Waals surface area contributed by atoms with E-state index in [0.717, 1.165) is 17.8 Å². The Kier molecular flexibility index (Phi) is 7.47. The molecule has 37 heavy (non-hydrogen) atoms. The van der Waals surface area contributed by atoms with Gasteiger partial charge in [-0.1, -0.05) is 23.9 Å². The first-order valence-electron chi connectivity index (χ1n) is 10.6. The maximum atomic E-state index is 13.2. The van der Waals surface area contributed by atoms with Crippen LogP contribution in [0.4, 0.5) is 18.9 Å². The predicted octanol–water partition coefficient (Wildman–Crippen LogP) is 2.99. The van der Waals surface area contributed by atoms with Crippen LogP contribution in [0.2, 0.25) is 0 Å². The zero-order valence-corrected chi connectivity index (χ0v) is 19.9. The molecule has 0 bridgehead atoms. The van der Waals surface area contributed by atoms with Gasteiger partial charge in [-0.05, 0) is 36.4 Å². The maximum absolute atomic E-state index is 13.2. The minimum atomic E-state index is -4.62. The quantitative estimate of drug-likeness (QED) is 0.297. The van der Waals surface area contributed by atoms with E-state index in [1.165, 1.54) is 31.4 Å². The number of halogens is 3. The van der Waals surface area contributed by atoms with Crippen LogP contribution in [0.1, 0.15) is 17.1 Å². The summed E-state index contributed by atoms with van der Waals surface area (Å²) in [6, 6.07) is 12.7. The summed E-state index contributed by atoms with van der Waals surface area (Å²) in [6.45, 7) is 0. The number of rotatable bonds is 8. The molecule has 4 rings (SSSR count). The van der Waals surface area contributed by atoms with E-state index in [2.05, 4.69) is 25.5 Å². The number of amides is 1. The summed E-state index contributed by atoms with van der Waals surface area (Å²) in [4.78, 5) is 40.5. The van der Waals surface area contributed by atoms with Crippen molar-refractivity contribution in [2.75, 3.05) is 18.2 Å². The van der Waals surface area contributed by atoms with Gasteiger partial charge in [-0.15, -0.1) is 10.2 Å². The zero-order chi connectivity index (χ0) is 26.6. The van der Waals surface area contributed by atoms with Gasteiger partial charge in [-0.25, -0.2) is 4.79 Å². The van der Waals surface area contributed by atoms with Crippen LogP contribution in [-0.4, -0.2) is 43.5 Å². The molecule has 192 valence electrons. The van der Waals surface area contributed by atoms with Crippen molar-refractivity contribution < 1.29 is 22.7 Å². The minimum absolute atomic E-state index is 0.0317. The minimum Gasteiger partial charge on any atom is -0.497 e. The average molecular weight is 533 g/mol. The van der Waals surface area contributed by atoms with Crippen molar-refractivity contribution in [2.24, 2.45) is 0 Å². The van der Waals surface area contributed by atoms with Crippen LogP contribution in [0.15, 0.2) is 69.3 Å². The Morgan fingerprint density at radius 1 is 1.08 bits per heavy atom. The van der Waals surface area contributed by atoms with E-state index in [0.29, 0.717) is 17.3 Å². The third kappa shape index (κ3) is 6.27. The Morgan fingerprint density at radius 3 is 2.49 bits per heavy atom. The molecule has 4 aromatic rings. The summed E-state index contributed by atoms with van der Waals surface area (Å²) in [5, 5.41) is 10.8. The van der Waals surface area contributed by atoms with Gasteiger partial charge in [0.05, 0.1) is 24.1 Å². The second-order valence-electron chi connectivity index (χ2n) is 7.60. The number of hydrogen-bond acceptors (Lipinski definition) is 7. The van der Waals surface area contributed by atoms with Crippen LogP contribution >= 0.6 is 11.8 Å². The number of nitrogens with zero attached hydrogens (tertiary/aromatic N) is 3. The van der Waals surface area contributed by atoms with Crippen LogP contribution in [0.5, 0.6) is 5.75 Å². The number of nitrogens with one attached hydrogen (secondary N) is 3. The second kappa shape index (κ2) is 10.7. The molecule has 0 saturated heterocycles. The fraction of sp³-hybridized carbons (Fsp3) is 0.174. The first-order chi connectivity index (χ1) is 17.6. The van der Waals surface area contributed by atoms with E-state index in [1.54, 1.807) is 28.8 Å². The van der Waals surface area contributed by atoms with Gasteiger partial charge in [0.1, 0.15) is 11.6 Å². The predicted molar refractivity (Wildman–Crippen MR) is 129 cm³/mol. The maximum Gasteiger partial charge on any atom is 0.418 e. The number of carbonyl (C=O) groups excluding carboxylic acids is 1. The van der Waals surface area contributed by atoms with Crippen LogP contribution in [0.3, 0.4) is 0 Å². The van der Waals surface area contributed by atoms with Gasteiger partial charge in [0.15, 0.2) is 5.16 Å². The summed E-state index contributed by atoms with van der Waals surface area (Å²) in [7, 11) is 1.51. The summed E-state index contributed by atoms with van der Waals surface area (Å²) < 4.78 is 46.5. The van der Waals surface area contributed by atoms with Gasteiger partial charge in [0.2, 0.25) is 5.91 Å². The standard InChI is InChI=1S/C23H19F3N6O4S/c1-36-15-8-6-14(7-9-15)32-18(10-13-11-19(33)29-21(35)27-13)30-31-22(32)37-12-20(34)28-17-5-3-2-4-16(17)23(24,25)26/h2-9,11H,10,12H2,1H3,(H,28,34)(H2,27,29,33,35). The number of H-pyrrole nitrogens is 2. The third-order valence-electron chi connectivity index (χ3n) is 5.03.